The van der Waals surface area contributed by atoms with Crippen LogP contribution >= 0.6 is 7.82 Å². The van der Waals surface area contributed by atoms with E-state index in [1.54, 1.807) is 0 Å². The summed E-state index contributed by atoms with van der Waals surface area (Å²) in [6.07, 6.45) is 56.2. The van der Waals surface area contributed by atoms with E-state index < -0.39 is 13.9 Å². The number of nitrogens with zero attached hydrogens (tertiary/aromatic N) is 1. The van der Waals surface area contributed by atoms with E-state index in [1.807, 2.05) is 21.1 Å². The topological polar surface area (TPSA) is 91.3 Å². The first-order valence-electron chi connectivity index (χ1n) is 23.3. The number of hydrogen-bond acceptors (Lipinski definition) is 6. The lowest BCUT2D eigenvalue weighted by molar-refractivity contribution is -0.870. The Morgan fingerprint density at radius 1 is 0.542 bits per heavy atom. The molecule has 0 rings (SSSR count). The number of hydrogen-bond donors (Lipinski definition) is 1. The predicted octanol–water partition coefficient (Wildman–Crippen LogP) is 14.1. The first-order chi connectivity index (χ1) is 28.6. The second-order valence-electron chi connectivity index (χ2n) is 16.4. The van der Waals surface area contributed by atoms with Crippen LogP contribution in [-0.2, 0) is 27.9 Å². The third kappa shape index (κ3) is 46.6. The van der Waals surface area contributed by atoms with Gasteiger partial charge in [0.05, 0.1) is 34.4 Å². The molecule has 0 saturated carbocycles. The van der Waals surface area contributed by atoms with Crippen molar-refractivity contribution in [3.05, 3.63) is 85.1 Å². The molecule has 0 aromatic heterocycles. The Kier molecular flexibility index (Phi) is 40.7. The number of unbranched alkanes of at least 4 members (excludes halogenated alkanes) is 14. The Morgan fingerprint density at radius 2 is 0.983 bits per heavy atom. The maximum Gasteiger partial charge on any atom is 0.472 e. The lowest BCUT2D eigenvalue weighted by atomic mass is 10.1. The lowest BCUT2D eigenvalue weighted by Gasteiger charge is -2.24. The van der Waals surface area contributed by atoms with Crippen LogP contribution in [0.5, 0.6) is 0 Å². The predicted molar refractivity (Wildman–Crippen MR) is 251 cm³/mol. The number of ether oxygens (including phenoxy) is 2. The van der Waals surface area contributed by atoms with Crippen molar-refractivity contribution in [3.63, 3.8) is 0 Å². The standard InChI is InChI=1S/C50H88NO7P/c1-6-8-10-12-14-16-18-20-22-23-24-25-26-27-28-30-32-34-36-38-40-42-45-55-47-49(48-57-59(53,54)56-46-44-51(3,4)5)58-50(52)43-41-39-37-35-33-31-29-21-19-17-15-13-11-9-7-2/h8,10,14,16,20-22,24-25,27-29,32,34,49H,6-7,9,11-13,15,17-19,23,26,30-31,33,35-48H2,1-5H3/p+1/b10-8-,16-14-,22-20-,25-24-,28-27-,29-21-,34-32-. The molecule has 0 aromatic rings. The summed E-state index contributed by atoms with van der Waals surface area (Å²) in [4.78, 5) is 22.9. The second kappa shape index (κ2) is 42.4. The molecule has 9 heteroatoms. The summed E-state index contributed by atoms with van der Waals surface area (Å²) in [7, 11) is 1.63. The first kappa shape index (κ1) is 56.7. The van der Waals surface area contributed by atoms with Gasteiger partial charge >= 0.3 is 13.8 Å². The molecular formula is C50H89NO7P+. The van der Waals surface area contributed by atoms with Gasteiger partial charge in [0.2, 0.25) is 0 Å². The SMILES string of the molecule is CC/C=C\C/C=C\C/C=C\C/C=C\C/C=C\C/C=C\CCCCCOCC(COP(=O)(O)OCC[N+](C)(C)C)OC(=O)CCCCCCC/C=C\CCCCCCCC. The van der Waals surface area contributed by atoms with Crippen molar-refractivity contribution in [1.29, 1.82) is 0 Å². The minimum absolute atomic E-state index is 0.0757. The van der Waals surface area contributed by atoms with Gasteiger partial charge in [-0.05, 0) is 89.9 Å². The van der Waals surface area contributed by atoms with E-state index in [9.17, 15) is 14.3 Å². The fraction of sp³-hybridized carbons (Fsp3) is 0.700. The van der Waals surface area contributed by atoms with Crippen LogP contribution in [0.3, 0.4) is 0 Å². The summed E-state index contributed by atoms with van der Waals surface area (Å²) in [5.74, 6) is -0.338. The Morgan fingerprint density at radius 3 is 1.49 bits per heavy atom. The van der Waals surface area contributed by atoms with Crippen LogP contribution in [-0.4, -0.2) is 75.6 Å². The van der Waals surface area contributed by atoms with E-state index in [1.165, 1.54) is 51.4 Å². The average Bonchev–Trinajstić information content (AvgIpc) is 3.19. The van der Waals surface area contributed by atoms with E-state index in [-0.39, 0.29) is 25.8 Å². The number of phosphoric ester groups is 1. The fourth-order valence-corrected chi connectivity index (χ4v) is 6.58. The molecule has 0 radical (unpaired) electrons. The minimum atomic E-state index is -4.29. The molecule has 0 aliphatic rings. The smallest absolute Gasteiger partial charge is 0.457 e. The number of allylic oxidation sites excluding steroid dienone is 14. The summed E-state index contributed by atoms with van der Waals surface area (Å²) in [5.41, 5.74) is 0. The Labute approximate surface area is 363 Å². The molecule has 0 aromatic carbocycles. The second-order valence-corrected chi connectivity index (χ2v) is 17.9. The van der Waals surface area contributed by atoms with Gasteiger partial charge in [-0.1, -0.05) is 157 Å². The molecule has 340 valence electrons. The molecule has 0 bridgehead atoms. The summed E-state index contributed by atoms with van der Waals surface area (Å²) in [6.45, 7) is 5.39. The molecule has 0 fully saturated rings. The zero-order chi connectivity index (χ0) is 43.4. The number of likely N-dealkylation sites (N-methyl/N-ethyl adjacent to an activating group) is 1. The van der Waals surface area contributed by atoms with Crippen LogP contribution in [0.1, 0.15) is 168 Å². The molecule has 2 atom stereocenters. The van der Waals surface area contributed by atoms with Gasteiger partial charge in [0.25, 0.3) is 0 Å². The van der Waals surface area contributed by atoms with Crippen LogP contribution < -0.4 is 0 Å². The van der Waals surface area contributed by atoms with Crippen molar-refractivity contribution >= 4 is 13.8 Å². The maximum atomic E-state index is 12.7. The van der Waals surface area contributed by atoms with Gasteiger partial charge in [0, 0.05) is 13.0 Å². The molecule has 0 amide bonds. The third-order valence-corrected chi connectivity index (χ3v) is 10.4. The summed E-state index contributed by atoms with van der Waals surface area (Å²) in [6, 6.07) is 0. The van der Waals surface area contributed by atoms with E-state index in [2.05, 4.69) is 98.9 Å². The molecule has 0 aliphatic heterocycles. The van der Waals surface area contributed by atoms with Crippen molar-refractivity contribution < 1.29 is 37.3 Å². The number of esters is 1. The molecule has 0 aliphatic carbocycles. The van der Waals surface area contributed by atoms with Crippen molar-refractivity contribution in [2.75, 3.05) is 54.1 Å². The molecule has 8 nitrogen and oxygen atoms in total. The maximum absolute atomic E-state index is 12.7. The lowest BCUT2D eigenvalue weighted by Crippen LogP contribution is -2.37. The molecule has 59 heavy (non-hydrogen) atoms. The minimum Gasteiger partial charge on any atom is -0.457 e. The molecule has 1 N–H and O–H groups in total. The van der Waals surface area contributed by atoms with Crippen molar-refractivity contribution in [2.24, 2.45) is 0 Å². The van der Waals surface area contributed by atoms with Gasteiger partial charge in [-0.3, -0.25) is 13.8 Å². The van der Waals surface area contributed by atoms with Gasteiger partial charge in [-0.15, -0.1) is 0 Å². The molecular weight excluding hydrogens is 758 g/mol. The molecule has 2 unspecified atom stereocenters. The Balaban J connectivity index is 4.31. The largest absolute Gasteiger partial charge is 0.472 e. The van der Waals surface area contributed by atoms with Crippen LogP contribution in [0.4, 0.5) is 0 Å². The third-order valence-electron chi connectivity index (χ3n) is 9.44. The fourth-order valence-electron chi connectivity index (χ4n) is 5.84. The number of rotatable bonds is 42. The number of phosphoric acid groups is 1. The van der Waals surface area contributed by atoms with Crippen LogP contribution in [0, 0.1) is 0 Å². The summed E-state index contributed by atoms with van der Waals surface area (Å²) < 4.78 is 35.0. The molecule has 0 heterocycles. The van der Waals surface area contributed by atoms with Crippen LogP contribution in [0.15, 0.2) is 85.1 Å². The van der Waals surface area contributed by atoms with Crippen molar-refractivity contribution in [2.45, 2.75) is 174 Å². The van der Waals surface area contributed by atoms with E-state index in [4.69, 9.17) is 18.5 Å². The summed E-state index contributed by atoms with van der Waals surface area (Å²) in [5, 5.41) is 0. The van der Waals surface area contributed by atoms with Gasteiger partial charge in [-0.2, -0.15) is 0 Å². The first-order valence-corrected chi connectivity index (χ1v) is 24.8. The number of carbonyl (C=O) groups is 1. The van der Waals surface area contributed by atoms with E-state index in [0.717, 1.165) is 96.3 Å². The highest BCUT2D eigenvalue weighted by Gasteiger charge is 2.26. The normalized spacial score (nSPS) is 14.5. The van der Waals surface area contributed by atoms with Crippen LogP contribution in [0.25, 0.3) is 0 Å². The average molecular weight is 847 g/mol. The quantitative estimate of drug-likeness (QED) is 0.0215. The highest BCUT2D eigenvalue weighted by Crippen LogP contribution is 2.43. The number of quaternary nitrogens is 1. The molecule has 0 spiro atoms. The summed E-state index contributed by atoms with van der Waals surface area (Å²) >= 11 is 0. The van der Waals surface area contributed by atoms with Gasteiger partial charge < -0.3 is 18.9 Å². The van der Waals surface area contributed by atoms with Crippen molar-refractivity contribution in [3.8, 4) is 0 Å². The molecule has 0 saturated heterocycles. The zero-order valence-corrected chi connectivity index (χ0v) is 39.4. The van der Waals surface area contributed by atoms with E-state index >= 15 is 0 Å². The van der Waals surface area contributed by atoms with Crippen LogP contribution in [0.2, 0.25) is 0 Å². The highest BCUT2D eigenvalue weighted by atomic mass is 31.2. The zero-order valence-electron chi connectivity index (χ0n) is 38.5. The highest BCUT2D eigenvalue weighted by molar-refractivity contribution is 7.47. The Bertz CT molecular complexity index is 1210. The van der Waals surface area contributed by atoms with E-state index in [0.29, 0.717) is 24.1 Å². The monoisotopic (exact) mass is 847 g/mol. The Hall–Kier alpha value is -2.32. The van der Waals surface area contributed by atoms with Gasteiger partial charge in [0.1, 0.15) is 19.3 Å². The number of carbonyl (C=O) groups excluding carboxylic acids is 1. The van der Waals surface area contributed by atoms with Gasteiger partial charge in [-0.25, -0.2) is 4.57 Å². The van der Waals surface area contributed by atoms with Crippen molar-refractivity contribution in [1.82, 2.24) is 0 Å². The van der Waals surface area contributed by atoms with Gasteiger partial charge in [0.15, 0.2) is 0 Å².